The van der Waals surface area contributed by atoms with Crippen LogP contribution in [0.3, 0.4) is 0 Å². The second kappa shape index (κ2) is 4.43. The van der Waals surface area contributed by atoms with Gasteiger partial charge in [0.05, 0.1) is 10.6 Å². The van der Waals surface area contributed by atoms with Crippen LogP contribution in [0.4, 0.5) is 5.69 Å². The Bertz CT molecular complexity index is 465. The molecule has 0 aromatic heterocycles. The van der Waals surface area contributed by atoms with Crippen LogP contribution in [0.15, 0.2) is 23.1 Å². The first-order valence-corrected chi connectivity index (χ1v) is 7.14. The smallest absolute Gasteiger partial charge is 0.177 e. The Morgan fingerprint density at radius 3 is 2.69 bits per heavy atom. The Morgan fingerprint density at radius 1 is 1.38 bits per heavy atom. The van der Waals surface area contributed by atoms with E-state index in [0.29, 0.717) is 4.90 Å². The van der Waals surface area contributed by atoms with Gasteiger partial charge in [-0.05, 0) is 18.2 Å². The number of hydrogen-bond donors (Lipinski definition) is 1. The number of piperazine rings is 1. The van der Waals surface area contributed by atoms with Crippen LogP contribution in [0.5, 0.6) is 0 Å². The number of hydrogen-bond acceptors (Lipinski definition) is 4. The van der Waals surface area contributed by atoms with Gasteiger partial charge in [-0.3, -0.25) is 0 Å². The molecule has 0 unspecified atom stereocenters. The van der Waals surface area contributed by atoms with Gasteiger partial charge in [0, 0.05) is 32.4 Å². The largest absolute Gasteiger partial charge is 0.368 e. The lowest BCUT2D eigenvalue weighted by Crippen LogP contribution is -2.44. The molecule has 1 aromatic carbocycles. The zero-order chi connectivity index (χ0) is 11.6. The van der Waals surface area contributed by atoms with Crippen LogP contribution < -0.4 is 10.2 Å². The first-order chi connectivity index (χ1) is 7.59. The van der Waals surface area contributed by atoms with Gasteiger partial charge in [-0.2, -0.15) is 0 Å². The molecule has 1 aliphatic rings. The van der Waals surface area contributed by atoms with Crippen molar-refractivity contribution in [1.29, 1.82) is 0 Å². The van der Waals surface area contributed by atoms with Gasteiger partial charge in [-0.1, -0.05) is 6.07 Å². The van der Waals surface area contributed by atoms with E-state index >= 15 is 0 Å². The molecule has 16 heavy (non-hydrogen) atoms. The highest BCUT2D eigenvalue weighted by Gasteiger charge is 2.18. The maximum atomic E-state index is 11.6. The Kier molecular flexibility index (Phi) is 3.16. The molecular weight excluding hydrogens is 224 g/mol. The van der Waals surface area contributed by atoms with Gasteiger partial charge in [-0.25, -0.2) is 8.42 Å². The van der Waals surface area contributed by atoms with Gasteiger partial charge in [0.2, 0.25) is 0 Å². The minimum atomic E-state index is -3.16. The highest BCUT2D eigenvalue weighted by atomic mass is 32.2. The van der Waals surface area contributed by atoms with E-state index in [1.165, 1.54) is 6.26 Å². The molecule has 0 saturated carbocycles. The number of sulfone groups is 1. The van der Waals surface area contributed by atoms with Gasteiger partial charge in [0.25, 0.3) is 0 Å². The predicted molar refractivity (Wildman–Crippen MR) is 63.5 cm³/mol. The van der Waals surface area contributed by atoms with Crippen molar-refractivity contribution in [3.05, 3.63) is 24.3 Å². The molecule has 0 aliphatic carbocycles. The molecule has 2 rings (SSSR count). The van der Waals surface area contributed by atoms with E-state index in [9.17, 15) is 8.42 Å². The molecule has 4 nitrogen and oxygen atoms in total. The fourth-order valence-electron chi connectivity index (χ4n) is 1.87. The van der Waals surface area contributed by atoms with Crippen LogP contribution in [0.2, 0.25) is 0 Å². The molecule has 0 bridgehead atoms. The third-order valence-electron chi connectivity index (χ3n) is 2.66. The van der Waals surface area contributed by atoms with Crippen molar-refractivity contribution < 1.29 is 8.42 Å². The van der Waals surface area contributed by atoms with Crippen LogP contribution >= 0.6 is 0 Å². The molecule has 0 spiro atoms. The van der Waals surface area contributed by atoms with Gasteiger partial charge >= 0.3 is 0 Å². The number of nitrogens with zero attached hydrogens (tertiary/aromatic N) is 1. The van der Waals surface area contributed by atoms with E-state index in [1.54, 1.807) is 18.2 Å². The summed E-state index contributed by atoms with van der Waals surface area (Å²) in [7, 11) is -3.16. The van der Waals surface area contributed by atoms with E-state index in [-0.39, 0.29) is 0 Å². The zero-order valence-electron chi connectivity index (χ0n) is 9.23. The summed E-state index contributed by atoms with van der Waals surface area (Å²) in [5, 5.41) is 3.24. The van der Waals surface area contributed by atoms with E-state index in [1.807, 2.05) is 0 Å². The molecule has 1 radical (unpaired) electrons. The molecule has 0 atom stereocenters. The van der Waals surface area contributed by atoms with E-state index in [0.717, 1.165) is 31.9 Å². The fraction of sp³-hybridized carbons (Fsp3) is 0.455. The van der Waals surface area contributed by atoms with Crippen LogP contribution in [0.1, 0.15) is 0 Å². The highest BCUT2D eigenvalue weighted by Crippen LogP contribution is 2.24. The summed E-state index contributed by atoms with van der Waals surface area (Å²) >= 11 is 0. The third kappa shape index (κ3) is 2.36. The number of rotatable bonds is 2. The summed E-state index contributed by atoms with van der Waals surface area (Å²) in [6.45, 7) is 3.44. The molecule has 1 aromatic rings. The third-order valence-corrected chi connectivity index (χ3v) is 3.80. The van der Waals surface area contributed by atoms with E-state index in [2.05, 4.69) is 16.3 Å². The summed E-state index contributed by atoms with van der Waals surface area (Å²) in [6, 6.07) is 7.95. The molecule has 0 amide bonds. The van der Waals surface area contributed by atoms with Crippen molar-refractivity contribution in [2.24, 2.45) is 0 Å². The zero-order valence-corrected chi connectivity index (χ0v) is 10.0. The van der Waals surface area contributed by atoms with Crippen molar-refractivity contribution in [2.45, 2.75) is 4.90 Å². The number of nitrogens with one attached hydrogen (secondary N) is 1. The first-order valence-electron chi connectivity index (χ1n) is 5.25. The second-order valence-electron chi connectivity index (χ2n) is 3.90. The second-order valence-corrected chi connectivity index (χ2v) is 5.89. The maximum Gasteiger partial charge on any atom is 0.177 e. The normalized spacial score (nSPS) is 17.4. The SMILES string of the molecule is CS(=O)(=O)c1cc[c]cc1N1CCNCC1. The van der Waals surface area contributed by atoms with E-state index in [4.69, 9.17) is 0 Å². The average Bonchev–Trinajstić information content (AvgIpc) is 2.29. The summed E-state index contributed by atoms with van der Waals surface area (Å²) in [5.41, 5.74) is 0.770. The van der Waals surface area contributed by atoms with Gasteiger partial charge < -0.3 is 10.2 Å². The number of benzene rings is 1. The average molecular weight is 239 g/mol. The summed E-state index contributed by atoms with van der Waals surface area (Å²) < 4.78 is 23.3. The highest BCUT2D eigenvalue weighted by molar-refractivity contribution is 7.90. The molecule has 1 saturated heterocycles. The molecule has 1 fully saturated rings. The van der Waals surface area contributed by atoms with Crippen molar-refractivity contribution in [3.63, 3.8) is 0 Å². The van der Waals surface area contributed by atoms with Crippen molar-refractivity contribution in [1.82, 2.24) is 5.32 Å². The van der Waals surface area contributed by atoms with Crippen molar-refractivity contribution in [2.75, 3.05) is 37.3 Å². The Morgan fingerprint density at radius 2 is 2.06 bits per heavy atom. The number of anilines is 1. The topological polar surface area (TPSA) is 49.4 Å². The molecule has 87 valence electrons. The monoisotopic (exact) mass is 239 g/mol. The molecule has 1 heterocycles. The summed E-state index contributed by atoms with van der Waals surface area (Å²) in [6.07, 6.45) is 1.24. The maximum absolute atomic E-state index is 11.6. The quantitative estimate of drug-likeness (QED) is 0.806. The summed E-state index contributed by atoms with van der Waals surface area (Å²) in [4.78, 5) is 2.48. The minimum Gasteiger partial charge on any atom is -0.368 e. The van der Waals surface area contributed by atoms with Gasteiger partial charge in [-0.15, -0.1) is 0 Å². The fourth-order valence-corrected chi connectivity index (χ4v) is 2.76. The van der Waals surface area contributed by atoms with Gasteiger partial charge in [0.15, 0.2) is 9.84 Å². The Hall–Kier alpha value is -1.07. The molecular formula is C11H15N2O2S. The van der Waals surface area contributed by atoms with E-state index < -0.39 is 9.84 Å². The predicted octanol–water partition coefficient (Wildman–Crippen LogP) is 0.300. The molecule has 1 N–H and O–H groups in total. The lowest BCUT2D eigenvalue weighted by Gasteiger charge is -2.30. The summed E-state index contributed by atoms with van der Waals surface area (Å²) in [5.74, 6) is 0. The Balaban J connectivity index is 2.40. The van der Waals surface area contributed by atoms with Crippen LogP contribution in [0, 0.1) is 6.07 Å². The lowest BCUT2D eigenvalue weighted by atomic mass is 10.2. The molecule has 5 heteroatoms. The van der Waals surface area contributed by atoms with Crippen LogP contribution in [-0.4, -0.2) is 40.9 Å². The first kappa shape index (κ1) is 11.4. The van der Waals surface area contributed by atoms with Crippen molar-refractivity contribution >= 4 is 15.5 Å². The standard InChI is InChI=1S/C11H15N2O2S/c1-16(14,15)11-5-3-2-4-10(11)13-8-6-12-7-9-13/h3-5,12H,6-9H2,1H3. The Labute approximate surface area is 96.2 Å². The minimum absolute atomic E-state index is 0.396. The lowest BCUT2D eigenvalue weighted by molar-refractivity contribution is 0.581. The van der Waals surface area contributed by atoms with Crippen LogP contribution in [0.25, 0.3) is 0 Å². The van der Waals surface area contributed by atoms with Crippen molar-refractivity contribution in [3.8, 4) is 0 Å². The molecule has 1 aliphatic heterocycles. The van der Waals surface area contributed by atoms with Gasteiger partial charge in [0.1, 0.15) is 0 Å². The van der Waals surface area contributed by atoms with Crippen LogP contribution in [-0.2, 0) is 9.84 Å².